The van der Waals surface area contributed by atoms with Crippen LogP contribution in [0.5, 0.6) is 0 Å². The maximum absolute atomic E-state index is 13.5. The van der Waals surface area contributed by atoms with Crippen LogP contribution >= 0.6 is 0 Å². The van der Waals surface area contributed by atoms with Gasteiger partial charge in [-0.25, -0.2) is 9.18 Å². The third-order valence-corrected chi connectivity index (χ3v) is 3.32. The Hall–Kier alpha value is -1.95. The molecule has 0 radical (unpaired) electrons. The highest BCUT2D eigenvalue weighted by Gasteiger charge is 2.33. The first kappa shape index (κ1) is 14.5. The lowest BCUT2D eigenvalue weighted by Gasteiger charge is -2.35. The second kappa shape index (κ2) is 5.58. The van der Waals surface area contributed by atoms with Gasteiger partial charge in [0, 0.05) is 12.1 Å². The van der Waals surface area contributed by atoms with Gasteiger partial charge in [0.15, 0.2) is 6.10 Å². The molecule has 1 saturated heterocycles. The smallest absolute Gasteiger partial charge is 0.334 e. The minimum Gasteiger partial charge on any atom is -0.479 e. The molecule has 1 unspecified atom stereocenters. The van der Waals surface area contributed by atoms with Crippen molar-refractivity contribution in [2.75, 3.05) is 13.1 Å². The Morgan fingerprint density at radius 3 is 2.75 bits per heavy atom. The monoisotopic (exact) mass is 281 g/mol. The number of amides is 1. The Balaban J connectivity index is 2.24. The predicted molar refractivity (Wildman–Crippen MR) is 69.0 cm³/mol. The van der Waals surface area contributed by atoms with Gasteiger partial charge in [-0.2, -0.15) is 0 Å². The van der Waals surface area contributed by atoms with Crippen molar-refractivity contribution in [3.63, 3.8) is 0 Å². The second-order valence-corrected chi connectivity index (χ2v) is 4.90. The SMILES string of the molecule is Cc1c(F)cccc1C(=O)N1CC(C(=O)O)O[C@H](C)C1. The Bertz CT molecular complexity index is 546. The van der Waals surface area contributed by atoms with Crippen LogP contribution in [0.3, 0.4) is 0 Å². The Morgan fingerprint density at radius 1 is 1.40 bits per heavy atom. The van der Waals surface area contributed by atoms with Crippen molar-refractivity contribution < 1.29 is 23.8 Å². The molecule has 108 valence electrons. The van der Waals surface area contributed by atoms with Gasteiger partial charge in [-0.15, -0.1) is 0 Å². The summed E-state index contributed by atoms with van der Waals surface area (Å²) in [5.41, 5.74) is 0.520. The van der Waals surface area contributed by atoms with Gasteiger partial charge in [-0.1, -0.05) is 6.07 Å². The molecule has 2 atom stereocenters. The highest BCUT2D eigenvalue weighted by Crippen LogP contribution is 2.18. The number of aliphatic carboxylic acids is 1. The summed E-state index contributed by atoms with van der Waals surface area (Å²) in [6, 6.07) is 4.29. The number of carboxylic acids is 1. The van der Waals surface area contributed by atoms with Crippen molar-refractivity contribution in [2.24, 2.45) is 0 Å². The lowest BCUT2D eigenvalue weighted by atomic mass is 10.1. The molecule has 0 aromatic heterocycles. The molecule has 2 rings (SSSR count). The minimum atomic E-state index is -1.11. The zero-order chi connectivity index (χ0) is 14.9. The predicted octanol–water partition coefficient (Wildman–Crippen LogP) is 1.45. The first-order valence-corrected chi connectivity index (χ1v) is 6.32. The van der Waals surface area contributed by atoms with E-state index in [1.54, 1.807) is 6.92 Å². The molecule has 1 aliphatic rings. The standard InChI is InChI=1S/C14H16FNO4/c1-8-6-16(7-12(20-8)14(18)19)13(17)10-4-3-5-11(15)9(10)2/h3-5,8,12H,6-7H2,1-2H3,(H,18,19)/t8-,12?/m1/s1. The number of benzene rings is 1. The van der Waals surface area contributed by atoms with Gasteiger partial charge in [-0.3, -0.25) is 4.79 Å². The number of carbonyl (C=O) groups excluding carboxylic acids is 1. The van der Waals surface area contributed by atoms with Crippen LogP contribution in [0, 0.1) is 12.7 Å². The molecule has 1 heterocycles. The van der Waals surface area contributed by atoms with Crippen LogP contribution in [0.4, 0.5) is 4.39 Å². The summed E-state index contributed by atoms with van der Waals surface area (Å²) < 4.78 is 18.7. The van der Waals surface area contributed by atoms with Crippen molar-refractivity contribution in [1.29, 1.82) is 0 Å². The van der Waals surface area contributed by atoms with E-state index in [-0.39, 0.29) is 29.7 Å². The minimum absolute atomic E-state index is 0.0333. The fraction of sp³-hybridized carbons (Fsp3) is 0.429. The van der Waals surface area contributed by atoms with Gasteiger partial charge >= 0.3 is 5.97 Å². The van der Waals surface area contributed by atoms with E-state index < -0.39 is 17.9 Å². The number of nitrogens with zero attached hydrogens (tertiary/aromatic N) is 1. The summed E-state index contributed by atoms with van der Waals surface area (Å²) in [6.07, 6.45) is -1.42. The van der Waals surface area contributed by atoms with Gasteiger partial charge in [0.2, 0.25) is 0 Å². The molecule has 0 saturated carbocycles. The highest BCUT2D eigenvalue weighted by molar-refractivity contribution is 5.96. The van der Waals surface area contributed by atoms with Gasteiger partial charge in [0.1, 0.15) is 5.82 Å². The van der Waals surface area contributed by atoms with Crippen molar-refractivity contribution in [3.8, 4) is 0 Å². The van der Waals surface area contributed by atoms with Crippen LogP contribution in [0.1, 0.15) is 22.8 Å². The quantitative estimate of drug-likeness (QED) is 0.891. The summed E-state index contributed by atoms with van der Waals surface area (Å²) in [5, 5.41) is 9.00. The van der Waals surface area contributed by atoms with Gasteiger partial charge in [-0.05, 0) is 31.5 Å². The molecule has 6 heteroatoms. The summed E-state index contributed by atoms with van der Waals surface area (Å²) in [6.45, 7) is 3.49. The number of halogens is 1. The number of hydrogen-bond acceptors (Lipinski definition) is 3. The fourth-order valence-corrected chi connectivity index (χ4v) is 2.26. The van der Waals surface area contributed by atoms with Crippen molar-refractivity contribution >= 4 is 11.9 Å². The average Bonchev–Trinajstić information content (AvgIpc) is 2.40. The van der Waals surface area contributed by atoms with E-state index in [0.29, 0.717) is 6.54 Å². The van der Waals surface area contributed by atoms with E-state index in [4.69, 9.17) is 9.84 Å². The largest absolute Gasteiger partial charge is 0.479 e. The maximum atomic E-state index is 13.5. The zero-order valence-corrected chi connectivity index (χ0v) is 11.3. The Morgan fingerprint density at radius 2 is 2.10 bits per heavy atom. The van der Waals surface area contributed by atoms with Crippen molar-refractivity contribution in [2.45, 2.75) is 26.1 Å². The van der Waals surface area contributed by atoms with Crippen molar-refractivity contribution in [1.82, 2.24) is 4.90 Å². The molecule has 1 fully saturated rings. The summed E-state index contributed by atoms with van der Waals surface area (Å²) >= 11 is 0. The number of ether oxygens (including phenoxy) is 1. The van der Waals surface area contributed by atoms with E-state index in [1.165, 1.54) is 30.0 Å². The topological polar surface area (TPSA) is 66.8 Å². The van der Waals surface area contributed by atoms with Gasteiger partial charge in [0.05, 0.1) is 12.6 Å². The maximum Gasteiger partial charge on any atom is 0.334 e. The van der Waals surface area contributed by atoms with Gasteiger partial charge in [0.25, 0.3) is 5.91 Å². The Labute approximate surface area is 116 Å². The average molecular weight is 281 g/mol. The summed E-state index contributed by atoms with van der Waals surface area (Å²) in [5.74, 6) is -1.93. The van der Waals surface area contributed by atoms with E-state index in [1.807, 2.05) is 0 Å². The molecule has 1 aromatic rings. The summed E-state index contributed by atoms with van der Waals surface area (Å²) in [4.78, 5) is 24.8. The zero-order valence-electron chi connectivity index (χ0n) is 11.3. The third-order valence-electron chi connectivity index (χ3n) is 3.32. The molecule has 0 aliphatic carbocycles. The van der Waals surface area contributed by atoms with Crippen LogP contribution in [-0.2, 0) is 9.53 Å². The van der Waals surface area contributed by atoms with Crippen LogP contribution in [0.25, 0.3) is 0 Å². The van der Waals surface area contributed by atoms with Crippen LogP contribution in [0.15, 0.2) is 18.2 Å². The molecule has 1 N–H and O–H groups in total. The molecular weight excluding hydrogens is 265 g/mol. The lowest BCUT2D eigenvalue weighted by Crippen LogP contribution is -2.51. The summed E-state index contributed by atoms with van der Waals surface area (Å²) in [7, 11) is 0. The lowest BCUT2D eigenvalue weighted by molar-refractivity contribution is -0.160. The third kappa shape index (κ3) is 2.80. The number of morpholine rings is 1. The molecule has 20 heavy (non-hydrogen) atoms. The molecule has 0 spiro atoms. The first-order chi connectivity index (χ1) is 9.40. The van der Waals surface area contributed by atoms with Crippen LogP contribution in [0.2, 0.25) is 0 Å². The normalized spacial score (nSPS) is 22.6. The molecule has 0 bridgehead atoms. The van der Waals surface area contributed by atoms with E-state index >= 15 is 0 Å². The van der Waals surface area contributed by atoms with E-state index in [0.717, 1.165) is 0 Å². The molecule has 1 aromatic carbocycles. The first-order valence-electron chi connectivity index (χ1n) is 6.32. The number of carboxylic acid groups (broad SMARTS) is 1. The highest BCUT2D eigenvalue weighted by atomic mass is 19.1. The van der Waals surface area contributed by atoms with E-state index in [9.17, 15) is 14.0 Å². The van der Waals surface area contributed by atoms with E-state index in [2.05, 4.69) is 0 Å². The Kier molecular flexibility index (Phi) is 4.04. The van der Waals surface area contributed by atoms with Gasteiger partial charge < -0.3 is 14.7 Å². The molecular formula is C14H16FNO4. The fourth-order valence-electron chi connectivity index (χ4n) is 2.26. The molecule has 5 nitrogen and oxygen atoms in total. The number of hydrogen-bond donors (Lipinski definition) is 1. The van der Waals surface area contributed by atoms with Crippen molar-refractivity contribution in [3.05, 3.63) is 35.1 Å². The number of carbonyl (C=O) groups is 2. The molecule has 1 aliphatic heterocycles. The molecule has 1 amide bonds. The second-order valence-electron chi connectivity index (χ2n) is 4.90. The van der Waals surface area contributed by atoms with Crippen LogP contribution < -0.4 is 0 Å². The van der Waals surface area contributed by atoms with Crippen LogP contribution in [-0.4, -0.2) is 47.2 Å². The number of rotatable bonds is 2.